The van der Waals surface area contributed by atoms with Gasteiger partial charge >= 0.3 is 0 Å². The maximum atomic E-state index is 5.54. The molecule has 0 saturated carbocycles. The summed E-state index contributed by atoms with van der Waals surface area (Å²) in [5.74, 6) is 2.77. The van der Waals surface area contributed by atoms with Crippen molar-refractivity contribution < 1.29 is 18.9 Å². The molecule has 184 valence electrons. The van der Waals surface area contributed by atoms with E-state index in [4.69, 9.17) is 24.7 Å². The minimum absolute atomic E-state index is 0.451. The number of para-hydroxylation sites is 1. The second kappa shape index (κ2) is 15.8. The lowest BCUT2D eigenvalue weighted by Crippen LogP contribution is -2.17. The van der Waals surface area contributed by atoms with Gasteiger partial charge in [-0.05, 0) is 12.5 Å². The van der Waals surface area contributed by atoms with Gasteiger partial charge in [-0.3, -0.25) is 0 Å². The molecule has 5 N–H and O–H groups in total. The molecule has 2 aromatic rings. The van der Waals surface area contributed by atoms with Gasteiger partial charge in [0.1, 0.15) is 0 Å². The van der Waals surface area contributed by atoms with E-state index >= 15 is 0 Å². The van der Waals surface area contributed by atoms with E-state index in [0.29, 0.717) is 75.4 Å². The van der Waals surface area contributed by atoms with Crippen molar-refractivity contribution in [3.63, 3.8) is 0 Å². The smallest absolute Gasteiger partial charge is 0.229 e. The van der Waals surface area contributed by atoms with Crippen molar-refractivity contribution in [3.05, 3.63) is 23.8 Å². The number of aromatic nitrogens is 3. The standard InChI is InChI=1S/C22H37N7O4/c1-4-5-10-24-20-27-21(25-11-13-33-15-14-32-12-9-23)29-22(28-20)26-16-17-7-6-8-18(30-2)19(17)31-3/h6-8H,4-5,9-16,23H2,1-3H3,(H3,24,25,26,27,28,29). The van der Waals surface area contributed by atoms with Crippen molar-refractivity contribution in [1.29, 1.82) is 0 Å². The summed E-state index contributed by atoms with van der Waals surface area (Å²) in [7, 11) is 3.23. The Hall–Kier alpha value is -2.89. The molecule has 1 heterocycles. The first-order valence-corrected chi connectivity index (χ1v) is 11.2. The first-order valence-electron chi connectivity index (χ1n) is 11.2. The summed E-state index contributed by atoms with van der Waals surface area (Å²) in [5.41, 5.74) is 6.31. The zero-order valence-electron chi connectivity index (χ0n) is 19.9. The average Bonchev–Trinajstić information content (AvgIpc) is 2.84. The van der Waals surface area contributed by atoms with Crippen LogP contribution in [0.3, 0.4) is 0 Å². The Morgan fingerprint density at radius 3 is 2.12 bits per heavy atom. The fourth-order valence-electron chi connectivity index (χ4n) is 2.90. The molecular formula is C22H37N7O4. The average molecular weight is 464 g/mol. The summed E-state index contributed by atoms with van der Waals surface area (Å²) in [6.45, 7) is 6.53. The van der Waals surface area contributed by atoms with Gasteiger partial charge in [0.2, 0.25) is 17.8 Å². The summed E-state index contributed by atoms with van der Waals surface area (Å²) >= 11 is 0. The van der Waals surface area contributed by atoms with Crippen LogP contribution >= 0.6 is 0 Å². The van der Waals surface area contributed by atoms with E-state index in [1.165, 1.54) is 0 Å². The van der Waals surface area contributed by atoms with Crippen LogP contribution in [0.4, 0.5) is 17.8 Å². The summed E-state index contributed by atoms with van der Waals surface area (Å²) in [6.07, 6.45) is 2.11. The Morgan fingerprint density at radius 1 is 0.818 bits per heavy atom. The molecule has 0 radical (unpaired) electrons. The molecule has 0 aliphatic carbocycles. The molecule has 11 nitrogen and oxygen atoms in total. The van der Waals surface area contributed by atoms with Crippen molar-refractivity contribution in [2.75, 3.05) is 76.2 Å². The number of anilines is 3. The third-order valence-electron chi connectivity index (χ3n) is 4.53. The fraction of sp³-hybridized carbons (Fsp3) is 0.591. The van der Waals surface area contributed by atoms with Crippen LogP contribution in [0.25, 0.3) is 0 Å². The summed E-state index contributed by atoms with van der Waals surface area (Å²) < 4.78 is 21.7. The van der Waals surface area contributed by atoms with Crippen LogP contribution in [0, 0.1) is 0 Å². The van der Waals surface area contributed by atoms with Gasteiger partial charge < -0.3 is 40.6 Å². The van der Waals surface area contributed by atoms with Gasteiger partial charge in [0.25, 0.3) is 0 Å². The van der Waals surface area contributed by atoms with Crippen LogP contribution in [0.1, 0.15) is 25.3 Å². The topological polar surface area (TPSA) is 138 Å². The molecule has 11 heteroatoms. The predicted molar refractivity (Wildman–Crippen MR) is 129 cm³/mol. The van der Waals surface area contributed by atoms with Crippen LogP contribution < -0.4 is 31.2 Å². The van der Waals surface area contributed by atoms with E-state index in [9.17, 15) is 0 Å². The van der Waals surface area contributed by atoms with Gasteiger partial charge in [-0.25, -0.2) is 0 Å². The van der Waals surface area contributed by atoms with Gasteiger partial charge in [0.05, 0.1) is 40.6 Å². The van der Waals surface area contributed by atoms with Gasteiger partial charge in [-0.2, -0.15) is 15.0 Å². The minimum atomic E-state index is 0.451. The molecule has 0 amide bonds. The Morgan fingerprint density at radius 2 is 1.48 bits per heavy atom. The lowest BCUT2D eigenvalue weighted by atomic mass is 10.2. The van der Waals surface area contributed by atoms with Crippen molar-refractivity contribution in [3.8, 4) is 11.5 Å². The maximum absolute atomic E-state index is 5.54. The molecule has 0 bridgehead atoms. The maximum Gasteiger partial charge on any atom is 0.229 e. The van der Waals surface area contributed by atoms with E-state index < -0.39 is 0 Å². The van der Waals surface area contributed by atoms with Crippen LogP contribution in [-0.2, 0) is 16.0 Å². The highest BCUT2D eigenvalue weighted by atomic mass is 16.5. The van der Waals surface area contributed by atoms with Crippen LogP contribution in [-0.4, -0.2) is 75.2 Å². The zero-order chi connectivity index (χ0) is 23.7. The van der Waals surface area contributed by atoms with Crippen molar-refractivity contribution in [1.82, 2.24) is 15.0 Å². The third-order valence-corrected chi connectivity index (χ3v) is 4.53. The molecule has 0 spiro atoms. The number of nitrogens with one attached hydrogen (secondary N) is 3. The molecular weight excluding hydrogens is 426 g/mol. The molecule has 0 fully saturated rings. The zero-order valence-corrected chi connectivity index (χ0v) is 19.9. The number of ether oxygens (including phenoxy) is 4. The molecule has 2 rings (SSSR count). The monoisotopic (exact) mass is 463 g/mol. The second-order valence-electron chi connectivity index (χ2n) is 7.03. The van der Waals surface area contributed by atoms with Crippen LogP contribution in [0.2, 0.25) is 0 Å². The van der Waals surface area contributed by atoms with Crippen molar-refractivity contribution >= 4 is 17.8 Å². The van der Waals surface area contributed by atoms with Gasteiger partial charge in [-0.15, -0.1) is 0 Å². The lowest BCUT2D eigenvalue weighted by molar-refractivity contribution is 0.0547. The first kappa shape index (κ1) is 26.4. The minimum Gasteiger partial charge on any atom is -0.493 e. The largest absolute Gasteiger partial charge is 0.493 e. The van der Waals surface area contributed by atoms with E-state index in [1.54, 1.807) is 14.2 Å². The number of unbranched alkanes of at least 4 members (excludes halogenated alkanes) is 1. The number of rotatable bonds is 18. The number of hydrogen-bond donors (Lipinski definition) is 4. The highest BCUT2D eigenvalue weighted by Gasteiger charge is 2.11. The third kappa shape index (κ3) is 9.64. The summed E-state index contributed by atoms with van der Waals surface area (Å²) in [5, 5.41) is 9.69. The number of methoxy groups -OCH3 is 2. The SMILES string of the molecule is CCCCNc1nc(NCCOCCOCCN)nc(NCc2cccc(OC)c2OC)n1. The summed E-state index contributed by atoms with van der Waals surface area (Å²) in [6, 6.07) is 5.73. The molecule has 0 saturated heterocycles. The van der Waals surface area contributed by atoms with Crippen LogP contribution in [0.5, 0.6) is 11.5 Å². The highest BCUT2D eigenvalue weighted by molar-refractivity contribution is 5.49. The highest BCUT2D eigenvalue weighted by Crippen LogP contribution is 2.31. The lowest BCUT2D eigenvalue weighted by Gasteiger charge is -2.14. The molecule has 0 aliphatic heterocycles. The Bertz CT molecular complexity index is 810. The van der Waals surface area contributed by atoms with Gasteiger partial charge in [0, 0.05) is 31.7 Å². The Kier molecular flexibility index (Phi) is 12.7. The van der Waals surface area contributed by atoms with Crippen molar-refractivity contribution in [2.45, 2.75) is 26.3 Å². The molecule has 1 aromatic carbocycles. The van der Waals surface area contributed by atoms with E-state index in [2.05, 4.69) is 37.8 Å². The van der Waals surface area contributed by atoms with Crippen molar-refractivity contribution in [2.24, 2.45) is 5.73 Å². The predicted octanol–water partition coefficient (Wildman–Crippen LogP) is 2.12. The molecule has 0 unspecified atom stereocenters. The number of hydrogen-bond acceptors (Lipinski definition) is 11. The molecule has 0 atom stereocenters. The van der Waals surface area contributed by atoms with E-state index in [0.717, 1.165) is 24.9 Å². The number of nitrogens with zero attached hydrogens (tertiary/aromatic N) is 3. The molecule has 0 aliphatic rings. The fourth-order valence-corrected chi connectivity index (χ4v) is 2.90. The number of nitrogens with two attached hydrogens (primary N) is 1. The number of benzene rings is 1. The normalized spacial score (nSPS) is 10.7. The molecule has 33 heavy (non-hydrogen) atoms. The van der Waals surface area contributed by atoms with E-state index in [-0.39, 0.29) is 0 Å². The van der Waals surface area contributed by atoms with Gasteiger partial charge in [-0.1, -0.05) is 25.5 Å². The van der Waals surface area contributed by atoms with E-state index in [1.807, 2.05) is 18.2 Å². The quantitative estimate of drug-likeness (QED) is 0.242. The van der Waals surface area contributed by atoms with Crippen LogP contribution in [0.15, 0.2) is 18.2 Å². The Balaban J connectivity index is 1.97. The van der Waals surface area contributed by atoms with Gasteiger partial charge in [0.15, 0.2) is 11.5 Å². The summed E-state index contributed by atoms with van der Waals surface area (Å²) in [4.78, 5) is 13.4. The molecule has 1 aromatic heterocycles. The second-order valence-corrected chi connectivity index (χ2v) is 7.03. The first-order chi connectivity index (χ1) is 16.2. The Labute approximate surface area is 195 Å².